The van der Waals surface area contributed by atoms with Crippen LogP contribution in [0.5, 0.6) is 0 Å². The van der Waals surface area contributed by atoms with E-state index in [1.54, 1.807) is 16.7 Å². The number of nitrogens with zero attached hydrogens (tertiary/aromatic N) is 5. The highest BCUT2D eigenvalue weighted by Gasteiger charge is 2.43. The van der Waals surface area contributed by atoms with Gasteiger partial charge in [-0.15, -0.1) is 0 Å². The smallest absolute Gasteiger partial charge is 0.335 e. The van der Waals surface area contributed by atoms with Crippen LogP contribution in [0, 0.1) is 0 Å². The molecule has 1 aliphatic heterocycles. The van der Waals surface area contributed by atoms with Gasteiger partial charge in [-0.3, -0.25) is 19.6 Å². The Labute approximate surface area is 160 Å². The summed E-state index contributed by atoms with van der Waals surface area (Å²) in [6.07, 6.45) is -0.0941. The maximum Gasteiger partial charge on any atom is 0.471 e. The zero-order valence-electron chi connectivity index (χ0n) is 14.9. The number of piperidine rings is 1. The quantitative estimate of drug-likeness (QED) is 0.681. The number of carbonyl (C=O) groups excluding carboxylic acids is 1. The Morgan fingerprint density at radius 3 is 2.41 bits per heavy atom. The van der Waals surface area contributed by atoms with Crippen LogP contribution in [0.15, 0.2) is 40.4 Å². The van der Waals surface area contributed by atoms with Gasteiger partial charge in [0.15, 0.2) is 11.2 Å². The van der Waals surface area contributed by atoms with Crippen molar-refractivity contribution in [3.05, 3.63) is 51.7 Å². The number of hydrogen-bond acceptors (Lipinski definition) is 5. The van der Waals surface area contributed by atoms with Gasteiger partial charge in [-0.05, 0) is 25.0 Å². The minimum atomic E-state index is -4.91. The van der Waals surface area contributed by atoms with Crippen molar-refractivity contribution in [2.24, 2.45) is 0 Å². The summed E-state index contributed by atoms with van der Waals surface area (Å²) in [5.74, 6) is -1.86. The number of nitrogens with one attached hydrogen (secondary N) is 1. The van der Waals surface area contributed by atoms with E-state index < -0.39 is 23.3 Å². The Morgan fingerprint density at radius 2 is 1.79 bits per heavy atom. The highest BCUT2D eigenvalue weighted by molar-refractivity contribution is 5.82. The second-order valence-corrected chi connectivity index (χ2v) is 6.65. The number of amides is 1. The number of fused-ring (bicyclic) bond motifs is 1. The van der Waals surface area contributed by atoms with E-state index in [1.807, 2.05) is 0 Å². The van der Waals surface area contributed by atoms with Crippen molar-refractivity contribution in [1.82, 2.24) is 29.0 Å². The summed E-state index contributed by atoms with van der Waals surface area (Å²) in [5.41, 5.74) is -0.586. The lowest BCUT2D eigenvalue weighted by Crippen LogP contribution is -2.45. The lowest BCUT2D eigenvalue weighted by atomic mass is 10.0. The van der Waals surface area contributed by atoms with E-state index in [0.29, 0.717) is 5.69 Å². The maximum atomic E-state index is 12.7. The van der Waals surface area contributed by atoms with Gasteiger partial charge in [0, 0.05) is 31.5 Å². The first-order valence-electron chi connectivity index (χ1n) is 8.75. The van der Waals surface area contributed by atoms with Crippen molar-refractivity contribution in [3.8, 4) is 5.69 Å². The molecular formula is C17H15F3N6O3. The van der Waals surface area contributed by atoms with E-state index in [1.165, 1.54) is 23.3 Å². The van der Waals surface area contributed by atoms with Gasteiger partial charge < -0.3 is 9.47 Å². The van der Waals surface area contributed by atoms with Gasteiger partial charge in [-0.25, -0.2) is 14.3 Å². The Balaban J connectivity index is 1.74. The number of carbonyl (C=O) groups is 1. The molecule has 152 valence electrons. The van der Waals surface area contributed by atoms with Crippen molar-refractivity contribution in [3.63, 3.8) is 0 Å². The van der Waals surface area contributed by atoms with Gasteiger partial charge in [-0.2, -0.15) is 13.2 Å². The molecule has 3 aromatic heterocycles. The minimum Gasteiger partial charge on any atom is -0.335 e. The van der Waals surface area contributed by atoms with E-state index in [2.05, 4.69) is 15.0 Å². The lowest BCUT2D eigenvalue weighted by Gasteiger charge is -2.33. The molecule has 0 unspecified atom stereocenters. The van der Waals surface area contributed by atoms with Crippen LogP contribution in [-0.4, -0.2) is 54.2 Å². The second kappa shape index (κ2) is 6.87. The maximum absolute atomic E-state index is 12.7. The summed E-state index contributed by atoms with van der Waals surface area (Å²) in [6, 6.07) is 2.84. The molecule has 29 heavy (non-hydrogen) atoms. The number of alkyl halides is 3. The fourth-order valence-electron chi connectivity index (χ4n) is 3.57. The highest BCUT2D eigenvalue weighted by Crippen LogP contribution is 2.28. The molecule has 0 spiro atoms. The molecule has 0 aliphatic carbocycles. The summed E-state index contributed by atoms with van der Waals surface area (Å²) >= 11 is 0. The number of rotatable bonds is 2. The Bertz CT molecular complexity index is 1170. The van der Waals surface area contributed by atoms with Crippen molar-refractivity contribution in [2.75, 3.05) is 13.1 Å². The molecule has 9 nitrogen and oxygen atoms in total. The molecule has 1 N–H and O–H groups in total. The van der Waals surface area contributed by atoms with Gasteiger partial charge in [0.25, 0.3) is 5.56 Å². The van der Waals surface area contributed by atoms with Crippen molar-refractivity contribution in [2.45, 2.75) is 25.1 Å². The minimum absolute atomic E-state index is 0.0372. The summed E-state index contributed by atoms with van der Waals surface area (Å²) < 4.78 is 40.9. The first-order valence-corrected chi connectivity index (χ1v) is 8.75. The third-order valence-electron chi connectivity index (χ3n) is 4.93. The number of imidazole rings is 1. The third-order valence-corrected chi connectivity index (χ3v) is 4.93. The van der Waals surface area contributed by atoms with Crippen molar-refractivity contribution < 1.29 is 18.0 Å². The Kier molecular flexibility index (Phi) is 4.47. The second-order valence-electron chi connectivity index (χ2n) is 6.65. The van der Waals surface area contributed by atoms with Crippen LogP contribution in [0.2, 0.25) is 0 Å². The predicted molar refractivity (Wildman–Crippen MR) is 94.7 cm³/mol. The lowest BCUT2D eigenvalue weighted by molar-refractivity contribution is -0.186. The number of aromatic amines is 1. The topological polar surface area (TPSA) is 106 Å². The molecule has 0 aromatic carbocycles. The summed E-state index contributed by atoms with van der Waals surface area (Å²) in [5, 5.41) is 0. The van der Waals surface area contributed by atoms with Crippen molar-refractivity contribution >= 4 is 17.1 Å². The fourth-order valence-corrected chi connectivity index (χ4v) is 3.57. The zero-order valence-corrected chi connectivity index (χ0v) is 14.9. The Hall–Kier alpha value is -3.44. The third kappa shape index (κ3) is 3.30. The predicted octanol–water partition coefficient (Wildman–Crippen LogP) is 0.996. The number of H-pyrrole nitrogens is 1. The average molecular weight is 408 g/mol. The molecule has 0 saturated carbocycles. The van der Waals surface area contributed by atoms with E-state index in [0.717, 1.165) is 4.90 Å². The molecule has 1 fully saturated rings. The van der Waals surface area contributed by atoms with Crippen LogP contribution in [0.4, 0.5) is 13.2 Å². The van der Waals surface area contributed by atoms with Gasteiger partial charge in [0.1, 0.15) is 0 Å². The normalized spacial score (nSPS) is 15.8. The highest BCUT2D eigenvalue weighted by atomic mass is 19.4. The molecular weight excluding hydrogens is 393 g/mol. The number of pyridine rings is 1. The van der Waals surface area contributed by atoms with Crippen LogP contribution in [-0.2, 0) is 4.79 Å². The number of halogens is 3. The van der Waals surface area contributed by atoms with E-state index >= 15 is 0 Å². The van der Waals surface area contributed by atoms with Gasteiger partial charge in [0.05, 0.1) is 12.0 Å². The summed E-state index contributed by atoms with van der Waals surface area (Å²) in [7, 11) is 0. The molecule has 12 heteroatoms. The monoisotopic (exact) mass is 408 g/mol. The van der Waals surface area contributed by atoms with Gasteiger partial charge >= 0.3 is 17.8 Å². The summed E-state index contributed by atoms with van der Waals surface area (Å²) in [6.45, 7) is -0.184. The van der Waals surface area contributed by atoms with Crippen LogP contribution >= 0.6 is 0 Å². The molecule has 1 aliphatic rings. The van der Waals surface area contributed by atoms with E-state index in [9.17, 15) is 27.6 Å². The SMILES string of the molecule is O=C(N1CCC(n2cnc3c(=O)[nH]c(=O)n(-c4ccncc4)c32)CC1)C(F)(F)F. The standard InChI is InChI=1S/C17H15F3N6O3/c18-17(19,20)15(28)24-7-3-10(4-8-24)25-9-22-12-13(27)23-16(29)26(14(12)25)11-1-5-21-6-2-11/h1-2,5-6,9-10H,3-4,7-8H2,(H,23,27,29). The molecule has 4 rings (SSSR count). The fraction of sp³-hybridized carbons (Fsp3) is 0.353. The molecule has 3 aromatic rings. The first-order chi connectivity index (χ1) is 13.8. The van der Waals surface area contributed by atoms with E-state index in [-0.39, 0.29) is 43.1 Å². The van der Waals surface area contributed by atoms with Crippen LogP contribution in [0.25, 0.3) is 16.9 Å². The van der Waals surface area contributed by atoms with Crippen LogP contribution in [0.3, 0.4) is 0 Å². The van der Waals surface area contributed by atoms with E-state index in [4.69, 9.17) is 0 Å². The molecule has 0 bridgehead atoms. The molecule has 0 atom stereocenters. The summed E-state index contributed by atoms with van der Waals surface area (Å²) in [4.78, 5) is 47.1. The average Bonchev–Trinajstić information content (AvgIpc) is 3.13. The largest absolute Gasteiger partial charge is 0.471 e. The zero-order chi connectivity index (χ0) is 20.8. The molecule has 1 saturated heterocycles. The first kappa shape index (κ1) is 18.9. The number of hydrogen-bond donors (Lipinski definition) is 1. The number of likely N-dealkylation sites (tertiary alicyclic amines) is 1. The van der Waals surface area contributed by atoms with Gasteiger partial charge in [0.2, 0.25) is 0 Å². The molecule has 0 radical (unpaired) electrons. The van der Waals surface area contributed by atoms with Crippen molar-refractivity contribution in [1.29, 1.82) is 0 Å². The van der Waals surface area contributed by atoms with Crippen LogP contribution < -0.4 is 11.2 Å². The van der Waals surface area contributed by atoms with Crippen LogP contribution in [0.1, 0.15) is 18.9 Å². The Morgan fingerprint density at radius 1 is 1.14 bits per heavy atom. The number of aromatic nitrogens is 5. The molecule has 4 heterocycles. The molecule has 1 amide bonds. The van der Waals surface area contributed by atoms with Gasteiger partial charge in [-0.1, -0.05) is 0 Å².